The van der Waals surface area contributed by atoms with Crippen molar-refractivity contribution in [3.63, 3.8) is 0 Å². The monoisotopic (exact) mass is 397 g/mol. The van der Waals surface area contributed by atoms with E-state index in [0.29, 0.717) is 23.4 Å². The second-order valence-corrected chi connectivity index (χ2v) is 7.88. The largest absolute Gasteiger partial charge is 0.461 e. The zero-order chi connectivity index (χ0) is 21.4. The van der Waals surface area contributed by atoms with E-state index in [9.17, 15) is 9.59 Å². The highest BCUT2D eigenvalue weighted by atomic mass is 16.5. The maximum atomic E-state index is 12.4. The van der Waals surface area contributed by atoms with Gasteiger partial charge in [0, 0.05) is 29.5 Å². The van der Waals surface area contributed by atoms with Gasteiger partial charge in [-0.15, -0.1) is 0 Å². The summed E-state index contributed by atoms with van der Waals surface area (Å²) < 4.78 is 5.31. The molecule has 0 aliphatic rings. The molecule has 0 bridgehead atoms. The number of ether oxygens (including phenoxy) is 1. The quantitative estimate of drug-likeness (QED) is 0.678. The molecule has 1 aromatic heterocycles. The van der Waals surface area contributed by atoms with Gasteiger partial charge in [-0.2, -0.15) is 0 Å². The summed E-state index contributed by atoms with van der Waals surface area (Å²) in [4.78, 5) is 31.1. The average Bonchev–Trinajstić information content (AvgIpc) is 2.71. The van der Waals surface area contributed by atoms with Crippen LogP contribution in [0.4, 0.5) is 5.69 Å². The lowest BCUT2D eigenvalue weighted by atomic mass is 9.91. The number of benzene rings is 1. The number of likely N-dealkylation sites (N-methyl/N-ethyl adjacent to an activating group) is 1. The Morgan fingerprint density at radius 1 is 1.00 bits per heavy atom. The van der Waals surface area contributed by atoms with Crippen molar-refractivity contribution in [2.75, 3.05) is 31.6 Å². The van der Waals surface area contributed by atoms with Crippen molar-refractivity contribution in [1.29, 1.82) is 0 Å². The van der Waals surface area contributed by atoms with Gasteiger partial charge in [-0.25, -0.2) is 4.79 Å². The van der Waals surface area contributed by atoms with Crippen LogP contribution in [0.2, 0.25) is 0 Å². The van der Waals surface area contributed by atoms with Crippen molar-refractivity contribution in [3.05, 3.63) is 59.4 Å². The molecule has 6 nitrogen and oxygen atoms in total. The number of rotatable bonds is 8. The van der Waals surface area contributed by atoms with E-state index in [0.717, 1.165) is 25.3 Å². The van der Waals surface area contributed by atoms with Crippen LogP contribution in [-0.4, -0.2) is 48.0 Å². The number of anilines is 1. The topological polar surface area (TPSA) is 71.5 Å². The second-order valence-electron chi connectivity index (χ2n) is 7.88. The molecule has 156 valence electrons. The van der Waals surface area contributed by atoms with E-state index in [2.05, 4.69) is 49.8 Å². The fraction of sp³-hybridized carbons (Fsp3) is 0.435. The van der Waals surface area contributed by atoms with E-state index in [4.69, 9.17) is 4.74 Å². The number of carbonyl (C=O) groups excluding carboxylic acids is 2. The summed E-state index contributed by atoms with van der Waals surface area (Å²) in [6.45, 7) is 13.3. The van der Waals surface area contributed by atoms with Crippen molar-refractivity contribution < 1.29 is 14.3 Å². The Balaban J connectivity index is 1.91. The third-order valence-corrected chi connectivity index (χ3v) is 4.71. The molecule has 0 fully saturated rings. The van der Waals surface area contributed by atoms with Crippen LogP contribution >= 0.6 is 0 Å². The molecule has 0 radical (unpaired) electrons. The molecule has 2 aromatic rings. The minimum absolute atomic E-state index is 0.0647. The van der Waals surface area contributed by atoms with Crippen LogP contribution in [0.5, 0.6) is 0 Å². The zero-order valence-corrected chi connectivity index (χ0v) is 18.0. The molecular weight excluding hydrogens is 366 g/mol. The van der Waals surface area contributed by atoms with Crippen molar-refractivity contribution >= 4 is 17.6 Å². The van der Waals surface area contributed by atoms with Crippen LogP contribution in [-0.2, 0) is 10.2 Å². The second kappa shape index (κ2) is 10.2. The normalized spacial score (nSPS) is 11.4. The summed E-state index contributed by atoms with van der Waals surface area (Å²) in [5.74, 6) is -0.607. The van der Waals surface area contributed by atoms with Crippen LogP contribution in [0.3, 0.4) is 0 Å². The first kappa shape index (κ1) is 22.6. The first-order chi connectivity index (χ1) is 13.7. The minimum atomic E-state index is -0.364. The lowest BCUT2D eigenvalue weighted by molar-refractivity contribution is 0.0466. The molecule has 0 saturated carbocycles. The van der Waals surface area contributed by atoms with Crippen LogP contribution < -0.4 is 5.32 Å². The molecule has 0 spiro atoms. The molecule has 1 aromatic carbocycles. The van der Waals surface area contributed by atoms with E-state index < -0.39 is 0 Å². The molecule has 0 aliphatic carbocycles. The van der Waals surface area contributed by atoms with Crippen molar-refractivity contribution in [2.45, 2.75) is 40.0 Å². The van der Waals surface area contributed by atoms with Crippen LogP contribution in [0, 0.1) is 0 Å². The van der Waals surface area contributed by atoms with Gasteiger partial charge in [0.2, 0.25) is 0 Å². The van der Waals surface area contributed by atoms with Crippen LogP contribution in [0.15, 0.2) is 42.6 Å². The van der Waals surface area contributed by atoms with Gasteiger partial charge in [-0.05, 0) is 49.5 Å². The molecule has 0 unspecified atom stereocenters. The predicted octanol–water partition coefficient (Wildman–Crippen LogP) is 4.13. The number of pyridine rings is 1. The minimum Gasteiger partial charge on any atom is -0.461 e. The summed E-state index contributed by atoms with van der Waals surface area (Å²) in [6.07, 6.45) is 1.58. The molecule has 0 atom stereocenters. The Morgan fingerprint density at radius 3 is 2.14 bits per heavy atom. The maximum Gasteiger partial charge on any atom is 0.338 e. The fourth-order valence-electron chi connectivity index (χ4n) is 2.76. The summed E-state index contributed by atoms with van der Waals surface area (Å²) in [5, 5.41) is 2.82. The first-order valence-corrected chi connectivity index (χ1v) is 10.0. The SMILES string of the molecule is CCN(CC)CCOC(=O)c1ccc(NC(=O)c2ccc(C(C)(C)C)nc2)cc1. The lowest BCUT2D eigenvalue weighted by Gasteiger charge is -2.17. The number of amides is 1. The van der Waals surface area contributed by atoms with Crippen LogP contribution in [0.25, 0.3) is 0 Å². The molecule has 1 heterocycles. The smallest absolute Gasteiger partial charge is 0.338 e. The summed E-state index contributed by atoms with van der Waals surface area (Å²) in [5.41, 5.74) is 2.41. The van der Waals surface area contributed by atoms with Crippen LogP contribution in [0.1, 0.15) is 61.0 Å². The highest BCUT2D eigenvalue weighted by Crippen LogP contribution is 2.20. The van der Waals surface area contributed by atoms with Gasteiger partial charge < -0.3 is 15.0 Å². The standard InChI is InChI=1S/C23H31N3O3/c1-6-26(7-2)14-15-29-22(28)17-8-11-19(12-9-17)25-21(27)18-10-13-20(24-16-18)23(3,4)5/h8-13,16H,6-7,14-15H2,1-5H3,(H,25,27). The van der Waals surface area contributed by atoms with E-state index >= 15 is 0 Å². The third kappa shape index (κ3) is 6.68. The van der Waals surface area contributed by atoms with E-state index in [1.165, 1.54) is 0 Å². The molecule has 1 N–H and O–H groups in total. The summed E-state index contributed by atoms with van der Waals surface area (Å²) in [6, 6.07) is 10.3. The van der Waals surface area contributed by atoms with Gasteiger partial charge in [-0.1, -0.05) is 34.6 Å². The molecular formula is C23H31N3O3. The van der Waals surface area contributed by atoms with Crippen molar-refractivity contribution in [1.82, 2.24) is 9.88 Å². The third-order valence-electron chi connectivity index (χ3n) is 4.71. The zero-order valence-electron chi connectivity index (χ0n) is 18.0. The number of aromatic nitrogens is 1. The Bertz CT molecular complexity index is 805. The Morgan fingerprint density at radius 2 is 1.62 bits per heavy atom. The molecule has 6 heteroatoms. The number of carbonyl (C=O) groups is 2. The van der Waals surface area contributed by atoms with Gasteiger partial charge in [0.05, 0.1) is 11.1 Å². The van der Waals surface area contributed by atoms with E-state index in [1.807, 2.05) is 6.07 Å². The summed E-state index contributed by atoms with van der Waals surface area (Å²) in [7, 11) is 0. The Labute approximate surface area is 173 Å². The average molecular weight is 398 g/mol. The van der Waals surface area contributed by atoms with Gasteiger partial charge in [0.15, 0.2) is 0 Å². The van der Waals surface area contributed by atoms with E-state index in [-0.39, 0.29) is 17.3 Å². The van der Waals surface area contributed by atoms with E-state index in [1.54, 1.807) is 36.5 Å². The van der Waals surface area contributed by atoms with Crippen molar-refractivity contribution in [3.8, 4) is 0 Å². The van der Waals surface area contributed by atoms with Crippen molar-refractivity contribution in [2.24, 2.45) is 0 Å². The summed E-state index contributed by atoms with van der Waals surface area (Å²) >= 11 is 0. The first-order valence-electron chi connectivity index (χ1n) is 10.0. The molecule has 0 aliphatic heterocycles. The Hall–Kier alpha value is -2.73. The van der Waals surface area contributed by atoms with Gasteiger partial charge in [-0.3, -0.25) is 9.78 Å². The number of hydrogen-bond acceptors (Lipinski definition) is 5. The highest BCUT2D eigenvalue weighted by Gasteiger charge is 2.16. The highest BCUT2D eigenvalue weighted by molar-refractivity contribution is 6.04. The van der Waals surface area contributed by atoms with Gasteiger partial charge in [0.1, 0.15) is 6.61 Å². The molecule has 2 rings (SSSR count). The number of nitrogens with one attached hydrogen (secondary N) is 1. The fourth-order valence-corrected chi connectivity index (χ4v) is 2.76. The lowest BCUT2D eigenvalue weighted by Crippen LogP contribution is -2.27. The number of esters is 1. The molecule has 29 heavy (non-hydrogen) atoms. The Kier molecular flexibility index (Phi) is 7.91. The number of hydrogen-bond donors (Lipinski definition) is 1. The molecule has 0 saturated heterocycles. The maximum absolute atomic E-state index is 12.4. The van der Waals surface area contributed by atoms with Gasteiger partial charge >= 0.3 is 5.97 Å². The predicted molar refractivity (Wildman–Crippen MR) is 115 cm³/mol. The van der Waals surface area contributed by atoms with Gasteiger partial charge in [0.25, 0.3) is 5.91 Å². The number of nitrogens with zero attached hydrogens (tertiary/aromatic N) is 2. The molecule has 1 amide bonds.